The maximum Gasteiger partial charge on any atom is 0.226 e. The number of hydrogen-bond donors (Lipinski definition) is 1. The number of nitrogens with zero attached hydrogens (tertiary/aromatic N) is 1. The Morgan fingerprint density at radius 2 is 2.27 bits per heavy atom. The molecule has 1 aromatic carbocycles. The van der Waals surface area contributed by atoms with Crippen LogP contribution in [-0.2, 0) is 0 Å². The molecule has 0 saturated carbocycles. The quantitative estimate of drug-likeness (QED) is 0.760. The lowest BCUT2D eigenvalue weighted by Gasteiger charge is -1.95. The Morgan fingerprint density at radius 1 is 1.47 bits per heavy atom. The summed E-state index contributed by atoms with van der Waals surface area (Å²) in [6.45, 7) is 1.42. The minimum atomic E-state index is -0.148. The van der Waals surface area contributed by atoms with Crippen LogP contribution in [0.3, 0.4) is 0 Å². The number of Topliss-reactive ketones (excluding diaryl/α,β-unsaturated/α-hetero) is 1. The number of carbonyl (C=O) groups is 1. The van der Waals surface area contributed by atoms with Gasteiger partial charge in [-0.05, 0) is 18.2 Å². The summed E-state index contributed by atoms with van der Waals surface area (Å²) < 4.78 is 5.12. The summed E-state index contributed by atoms with van der Waals surface area (Å²) in [5.74, 6) is 0.316. The van der Waals surface area contributed by atoms with Gasteiger partial charge >= 0.3 is 0 Å². The topological polar surface area (TPSA) is 63.3 Å². The number of aromatic hydroxyl groups is 1. The van der Waals surface area contributed by atoms with Crippen molar-refractivity contribution in [1.29, 1.82) is 0 Å². The van der Waals surface area contributed by atoms with E-state index in [1.54, 1.807) is 18.2 Å². The van der Waals surface area contributed by atoms with Crippen molar-refractivity contribution < 1.29 is 14.3 Å². The Kier molecular flexibility index (Phi) is 2.25. The number of carbonyl (C=O) groups excluding carboxylic acids is 1. The molecule has 1 aromatic heterocycles. The van der Waals surface area contributed by atoms with Crippen molar-refractivity contribution in [2.75, 3.05) is 0 Å². The summed E-state index contributed by atoms with van der Waals surface area (Å²) in [7, 11) is 0. The molecule has 0 fully saturated rings. The van der Waals surface area contributed by atoms with Gasteiger partial charge in [-0.1, -0.05) is 6.07 Å². The molecule has 0 aliphatic heterocycles. The lowest BCUT2D eigenvalue weighted by atomic mass is 10.2. The molecule has 1 N–H and O–H groups in total. The zero-order chi connectivity index (χ0) is 10.8. The van der Waals surface area contributed by atoms with Crippen molar-refractivity contribution >= 4 is 5.78 Å². The number of hydrogen-bond acceptors (Lipinski definition) is 4. The molecular formula is C11H9NO3. The highest BCUT2D eigenvalue weighted by Gasteiger charge is 2.09. The minimum absolute atomic E-state index is 0.134. The first-order valence-electron chi connectivity index (χ1n) is 4.42. The van der Waals surface area contributed by atoms with Gasteiger partial charge in [0.15, 0.2) is 5.78 Å². The molecule has 4 heteroatoms. The third-order valence-electron chi connectivity index (χ3n) is 1.96. The Labute approximate surface area is 86.2 Å². The number of benzene rings is 1. The highest BCUT2D eigenvalue weighted by Crippen LogP contribution is 2.22. The lowest BCUT2D eigenvalue weighted by Crippen LogP contribution is -1.91. The summed E-state index contributed by atoms with van der Waals surface area (Å²) in [6.07, 6.45) is 1.31. The molecule has 0 atom stereocenters. The van der Waals surface area contributed by atoms with Crippen LogP contribution in [0, 0.1) is 0 Å². The first-order valence-corrected chi connectivity index (χ1v) is 4.42. The molecule has 4 nitrogen and oxygen atoms in total. The van der Waals surface area contributed by atoms with E-state index in [1.165, 1.54) is 19.3 Å². The largest absolute Gasteiger partial charge is 0.508 e. The van der Waals surface area contributed by atoms with Crippen LogP contribution in [0.5, 0.6) is 5.75 Å². The van der Waals surface area contributed by atoms with E-state index in [0.29, 0.717) is 11.5 Å². The van der Waals surface area contributed by atoms with Gasteiger partial charge in [-0.2, -0.15) is 0 Å². The van der Waals surface area contributed by atoms with E-state index in [0.717, 1.165) is 0 Å². The molecule has 2 rings (SSSR count). The Balaban J connectivity index is 2.41. The lowest BCUT2D eigenvalue weighted by molar-refractivity contribution is 0.101. The molecule has 0 saturated heterocycles. The van der Waals surface area contributed by atoms with E-state index >= 15 is 0 Å². The number of ketones is 1. The number of phenols is 1. The SMILES string of the molecule is CC(=O)c1coc(-c2cccc(O)c2)n1. The smallest absolute Gasteiger partial charge is 0.226 e. The van der Waals surface area contributed by atoms with Crippen molar-refractivity contribution in [2.24, 2.45) is 0 Å². The average molecular weight is 203 g/mol. The first kappa shape index (κ1) is 9.45. The highest BCUT2D eigenvalue weighted by atomic mass is 16.3. The second-order valence-electron chi connectivity index (χ2n) is 3.14. The minimum Gasteiger partial charge on any atom is -0.508 e. The molecule has 0 bridgehead atoms. The summed E-state index contributed by atoms with van der Waals surface area (Å²) in [4.78, 5) is 15.0. The predicted octanol–water partition coefficient (Wildman–Crippen LogP) is 2.25. The molecule has 1 heterocycles. The Hall–Kier alpha value is -2.10. The molecule has 2 aromatic rings. The van der Waals surface area contributed by atoms with Gasteiger partial charge in [0.2, 0.25) is 5.89 Å². The Bertz CT molecular complexity index is 502. The fourth-order valence-corrected chi connectivity index (χ4v) is 1.21. The molecule has 0 amide bonds. The van der Waals surface area contributed by atoms with Crippen LogP contribution < -0.4 is 0 Å². The van der Waals surface area contributed by atoms with Gasteiger partial charge in [-0.15, -0.1) is 0 Å². The molecule has 0 aliphatic rings. The van der Waals surface area contributed by atoms with E-state index in [4.69, 9.17) is 4.42 Å². The van der Waals surface area contributed by atoms with Gasteiger partial charge in [0.05, 0.1) is 0 Å². The molecule has 15 heavy (non-hydrogen) atoms. The average Bonchev–Trinajstić information content (AvgIpc) is 2.66. The zero-order valence-corrected chi connectivity index (χ0v) is 8.10. The van der Waals surface area contributed by atoms with Crippen LogP contribution in [0.15, 0.2) is 34.9 Å². The molecule has 0 spiro atoms. The van der Waals surface area contributed by atoms with Gasteiger partial charge in [0, 0.05) is 12.5 Å². The van der Waals surface area contributed by atoms with E-state index in [1.807, 2.05) is 0 Å². The van der Waals surface area contributed by atoms with Crippen LogP contribution >= 0.6 is 0 Å². The second-order valence-corrected chi connectivity index (χ2v) is 3.14. The van der Waals surface area contributed by atoms with Crippen molar-refractivity contribution in [1.82, 2.24) is 4.98 Å². The van der Waals surface area contributed by atoms with Crippen molar-refractivity contribution in [3.63, 3.8) is 0 Å². The van der Waals surface area contributed by atoms with Crippen LogP contribution in [0.4, 0.5) is 0 Å². The molecule has 76 valence electrons. The second kappa shape index (κ2) is 3.57. The van der Waals surface area contributed by atoms with E-state index in [9.17, 15) is 9.90 Å². The third-order valence-corrected chi connectivity index (χ3v) is 1.96. The third kappa shape index (κ3) is 1.88. The number of phenolic OH excluding ortho intramolecular Hbond substituents is 1. The van der Waals surface area contributed by atoms with Crippen LogP contribution in [0.25, 0.3) is 11.5 Å². The van der Waals surface area contributed by atoms with E-state index in [2.05, 4.69) is 4.98 Å². The van der Waals surface area contributed by atoms with Gasteiger partial charge in [-0.3, -0.25) is 4.79 Å². The highest BCUT2D eigenvalue weighted by molar-refractivity contribution is 5.92. The number of oxazole rings is 1. The Morgan fingerprint density at radius 3 is 2.87 bits per heavy atom. The zero-order valence-electron chi connectivity index (χ0n) is 8.10. The fraction of sp³-hybridized carbons (Fsp3) is 0.0909. The van der Waals surface area contributed by atoms with Crippen LogP contribution in [0.1, 0.15) is 17.4 Å². The van der Waals surface area contributed by atoms with Crippen molar-refractivity contribution in [3.05, 3.63) is 36.2 Å². The summed E-state index contributed by atoms with van der Waals surface area (Å²) in [5.41, 5.74) is 0.927. The summed E-state index contributed by atoms with van der Waals surface area (Å²) in [5, 5.41) is 9.25. The van der Waals surface area contributed by atoms with Crippen LogP contribution in [-0.4, -0.2) is 15.9 Å². The predicted molar refractivity (Wildman–Crippen MR) is 53.6 cm³/mol. The standard InChI is InChI=1S/C11H9NO3/c1-7(13)10-6-15-11(12-10)8-3-2-4-9(14)5-8/h2-6,14H,1H3. The monoisotopic (exact) mass is 203 g/mol. The van der Waals surface area contributed by atoms with Gasteiger partial charge in [-0.25, -0.2) is 4.98 Å². The maximum atomic E-state index is 11.0. The number of rotatable bonds is 2. The number of aromatic nitrogens is 1. The first-order chi connectivity index (χ1) is 7.16. The van der Waals surface area contributed by atoms with Crippen molar-refractivity contribution in [3.8, 4) is 17.2 Å². The maximum absolute atomic E-state index is 11.0. The van der Waals surface area contributed by atoms with E-state index in [-0.39, 0.29) is 17.2 Å². The summed E-state index contributed by atoms with van der Waals surface area (Å²) in [6, 6.07) is 6.51. The van der Waals surface area contributed by atoms with Gasteiger partial charge < -0.3 is 9.52 Å². The van der Waals surface area contributed by atoms with Gasteiger partial charge in [0.1, 0.15) is 17.7 Å². The normalized spacial score (nSPS) is 10.2. The van der Waals surface area contributed by atoms with Crippen LogP contribution in [0.2, 0.25) is 0 Å². The molecule has 0 unspecified atom stereocenters. The fourth-order valence-electron chi connectivity index (χ4n) is 1.21. The summed E-state index contributed by atoms with van der Waals surface area (Å²) >= 11 is 0. The van der Waals surface area contributed by atoms with E-state index < -0.39 is 0 Å². The van der Waals surface area contributed by atoms with Gasteiger partial charge in [0.25, 0.3) is 0 Å². The molecule has 0 aliphatic carbocycles. The van der Waals surface area contributed by atoms with Crippen molar-refractivity contribution in [2.45, 2.75) is 6.92 Å². The molecular weight excluding hydrogens is 194 g/mol. The molecule has 0 radical (unpaired) electrons.